The fraction of sp³-hybridized carbons (Fsp3) is 0.545. The van der Waals surface area contributed by atoms with Crippen molar-refractivity contribution in [2.45, 2.75) is 26.0 Å². The maximum absolute atomic E-state index is 8.73. The van der Waals surface area contributed by atoms with E-state index in [0.29, 0.717) is 25.3 Å². The van der Waals surface area contributed by atoms with Crippen molar-refractivity contribution in [3.8, 4) is 0 Å². The van der Waals surface area contributed by atoms with E-state index < -0.39 is 0 Å². The summed E-state index contributed by atoms with van der Waals surface area (Å²) in [7, 11) is 1.60. The first-order valence-corrected chi connectivity index (χ1v) is 5.75. The van der Waals surface area contributed by atoms with Crippen molar-refractivity contribution in [2.24, 2.45) is 0 Å². The molecule has 7 nitrogen and oxygen atoms in total. The van der Waals surface area contributed by atoms with E-state index in [1.165, 1.54) is 0 Å². The van der Waals surface area contributed by atoms with Gasteiger partial charge in [0.2, 0.25) is 0 Å². The maximum Gasteiger partial charge on any atom is 0.162 e. The Balaban J connectivity index is 1.93. The zero-order valence-electron chi connectivity index (χ0n) is 10.2. The molecule has 0 amide bonds. The number of aryl methyl sites for hydroxylation is 1. The lowest BCUT2D eigenvalue weighted by Crippen LogP contribution is -2.00. The van der Waals surface area contributed by atoms with Crippen molar-refractivity contribution < 1.29 is 14.4 Å². The van der Waals surface area contributed by atoms with E-state index in [1.807, 2.05) is 12.3 Å². The summed E-state index contributed by atoms with van der Waals surface area (Å²) in [5.74, 6) is 0.688. The molecule has 0 unspecified atom stereocenters. The molecule has 0 spiro atoms. The van der Waals surface area contributed by atoms with Crippen LogP contribution >= 0.6 is 0 Å². The van der Waals surface area contributed by atoms with Crippen LogP contribution in [-0.4, -0.2) is 39.0 Å². The van der Waals surface area contributed by atoms with Gasteiger partial charge in [-0.25, -0.2) is 4.68 Å². The number of aromatic nitrogens is 4. The van der Waals surface area contributed by atoms with Crippen LogP contribution < -0.4 is 0 Å². The Morgan fingerprint density at radius 3 is 3.11 bits per heavy atom. The molecular weight excluding hydrogens is 236 g/mol. The van der Waals surface area contributed by atoms with Gasteiger partial charge in [-0.1, -0.05) is 10.4 Å². The van der Waals surface area contributed by atoms with E-state index >= 15 is 0 Å². The van der Waals surface area contributed by atoms with Crippen LogP contribution in [0.3, 0.4) is 0 Å². The van der Waals surface area contributed by atoms with Crippen molar-refractivity contribution >= 4 is 0 Å². The van der Waals surface area contributed by atoms with Gasteiger partial charge < -0.3 is 14.4 Å². The number of rotatable bonds is 7. The second kappa shape index (κ2) is 6.27. The lowest BCUT2D eigenvalue weighted by atomic mass is 10.2. The molecule has 0 aromatic carbocycles. The molecule has 0 aliphatic carbocycles. The molecular formula is C11H16N4O3. The molecule has 2 rings (SSSR count). The van der Waals surface area contributed by atoms with Gasteiger partial charge in [0.1, 0.15) is 12.3 Å². The Bertz CT molecular complexity index is 480. The van der Waals surface area contributed by atoms with Crippen LogP contribution in [0.15, 0.2) is 16.8 Å². The average Bonchev–Trinajstić information content (AvgIpc) is 2.98. The zero-order chi connectivity index (χ0) is 12.8. The molecule has 0 fully saturated rings. The van der Waals surface area contributed by atoms with E-state index in [9.17, 15) is 0 Å². The normalized spacial score (nSPS) is 11.0. The van der Waals surface area contributed by atoms with Crippen molar-refractivity contribution in [3.05, 3.63) is 29.4 Å². The Hall–Kier alpha value is -1.73. The topological polar surface area (TPSA) is 86.2 Å². The molecule has 0 aliphatic heterocycles. The number of aliphatic hydroxyl groups excluding tert-OH is 1. The molecule has 0 bridgehead atoms. The first-order chi connectivity index (χ1) is 8.81. The van der Waals surface area contributed by atoms with Crippen molar-refractivity contribution in [3.63, 3.8) is 0 Å². The summed E-state index contributed by atoms with van der Waals surface area (Å²) < 4.78 is 11.7. The van der Waals surface area contributed by atoms with Crippen molar-refractivity contribution in [2.75, 3.05) is 13.7 Å². The van der Waals surface area contributed by atoms with Gasteiger partial charge in [-0.2, -0.15) is 0 Å². The third-order valence-electron chi connectivity index (χ3n) is 2.40. The van der Waals surface area contributed by atoms with Crippen molar-refractivity contribution in [1.29, 1.82) is 0 Å². The third-order valence-corrected chi connectivity index (χ3v) is 2.40. The van der Waals surface area contributed by atoms with Crippen LogP contribution in [0.4, 0.5) is 0 Å². The zero-order valence-corrected chi connectivity index (χ0v) is 10.2. The fourth-order valence-corrected chi connectivity index (χ4v) is 1.60. The highest BCUT2D eigenvalue weighted by Gasteiger charge is 2.06. The molecule has 2 aromatic heterocycles. The smallest absolute Gasteiger partial charge is 0.162 e. The quantitative estimate of drug-likeness (QED) is 0.767. The summed E-state index contributed by atoms with van der Waals surface area (Å²) >= 11 is 0. The van der Waals surface area contributed by atoms with Crippen LogP contribution in [0, 0.1) is 0 Å². The number of hydrogen-bond acceptors (Lipinski definition) is 6. The van der Waals surface area contributed by atoms with Gasteiger partial charge in [-0.15, -0.1) is 5.10 Å². The molecule has 98 valence electrons. The lowest BCUT2D eigenvalue weighted by molar-refractivity contribution is 0.155. The van der Waals surface area contributed by atoms with Crippen LogP contribution in [0.2, 0.25) is 0 Å². The molecule has 2 aromatic rings. The van der Waals surface area contributed by atoms with Gasteiger partial charge in [0.05, 0.1) is 12.2 Å². The number of aliphatic hydroxyl groups is 1. The van der Waals surface area contributed by atoms with Gasteiger partial charge in [0, 0.05) is 26.0 Å². The number of hydrogen-bond donors (Lipinski definition) is 1. The SMILES string of the molecule is COCc1cc(Cn2cc(CCCO)nn2)no1. The third kappa shape index (κ3) is 3.38. The van der Waals surface area contributed by atoms with E-state index in [0.717, 1.165) is 17.8 Å². The largest absolute Gasteiger partial charge is 0.396 e. The van der Waals surface area contributed by atoms with Crippen LogP contribution in [0.1, 0.15) is 23.6 Å². The second-order valence-corrected chi connectivity index (χ2v) is 3.95. The molecule has 7 heteroatoms. The standard InChI is InChI=1S/C11H16N4O3/c1-17-8-11-5-10(13-18-11)7-15-6-9(12-14-15)3-2-4-16/h5-6,16H,2-4,7-8H2,1H3. The highest BCUT2D eigenvalue weighted by molar-refractivity contribution is 5.05. The highest BCUT2D eigenvalue weighted by atomic mass is 16.5. The predicted octanol–water partition coefficient (Wildman–Crippen LogP) is 0.386. The fourth-order valence-electron chi connectivity index (χ4n) is 1.60. The molecule has 0 radical (unpaired) electrons. The maximum atomic E-state index is 8.73. The second-order valence-electron chi connectivity index (χ2n) is 3.95. The van der Waals surface area contributed by atoms with Crippen LogP contribution in [0.25, 0.3) is 0 Å². The van der Waals surface area contributed by atoms with Gasteiger partial charge >= 0.3 is 0 Å². The minimum atomic E-state index is 0.163. The first-order valence-electron chi connectivity index (χ1n) is 5.75. The summed E-state index contributed by atoms with van der Waals surface area (Å²) in [5, 5.41) is 20.7. The van der Waals surface area contributed by atoms with Gasteiger partial charge in [-0.3, -0.25) is 0 Å². The predicted molar refractivity (Wildman–Crippen MR) is 61.7 cm³/mol. The van der Waals surface area contributed by atoms with E-state index in [-0.39, 0.29) is 6.61 Å². The number of methoxy groups -OCH3 is 1. The Morgan fingerprint density at radius 1 is 1.44 bits per heavy atom. The summed E-state index contributed by atoms with van der Waals surface area (Å²) in [6.07, 6.45) is 3.27. The summed E-state index contributed by atoms with van der Waals surface area (Å²) in [4.78, 5) is 0. The van der Waals surface area contributed by atoms with Crippen LogP contribution in [-0.2, 0) is 24.3 Å². The molecule has 1 N–H and O–H groups in total. The number of nitrogens with zero attached hydrogens (tertiary/aromatic N) is 4. The average molecular weight is 252 g/mol. The first kappa shape index (κ1) is 12.7. The highest BCUT2D eigenvalue weighted by Crippen LogP contribution is 2.07. The van der Waals surface area contributed by atoms with Gasteiger partial charge in [0.15, 0.2) is 5.76 Å². The van der Waals surface area contributed by atoms with E-state index in [1.54, 1.807) is 11.8 Å². The van der Waals surface area contributed by atoms with Crippen molar-refractivity contribution in [1.82, 2.24) is 20.2 Å². The molecule has 0 saturated heterocycles. The van der Waals surface area contributed by atoms with Gasteiger partial charge in [0.25, 0.3) is 0 Å². The molecule has 18 heavy (non-hydrogen) atoms. The summed E-state index contributed by atoms with van der Waals surface area (Å²) in [6.45, 7) is 1.09. The molecule has 0 saturated carbocycles. The number of ether oxygens (including phenoxy) is 1. The Morgan fingerprint density at radius 2 is 2.33 bits per heavy atom. The minimum Gasteiger partial charge on any atom is -0.396 e. The van der Waals surface area contributed by atoms with Crippen LogP contribution in [0.5, 0.6) is 0 Å². The summed E-state index contributed by atoms with van der Waals surface area (Å²) in [5.41, 5.74) is 1.64. The monoisotopic (exact) mass is 252 g/mol. The molecule has 0 atom stereocenters. The Kier molecular flexibility index (Phi) is 4.43. The molecule has 0 aliphatic rings. The Labute approximate surface area is 104 Å². The van der Waals surface area contributed by atoms with E-state index in [2.05, 4.69) is 15.5 Å². The molecule has 2 heterocycles. The lowest BCUT2D eigenvalue weighted by Gasteiger charge is -1.93. The van der Waals surface area contributed by atoms with Gasteiger partial charge in [-0.05, 0) is 12.8 Å². The van der Waals surface area contributed by atoms with E-state index in [4.69, 9.17) is 14.4 Å². The summed E-state index contributed by atoms with van der Waals surface area (Å²) in [6, 6.07) is 1.83. The minimum absolute atomic E-state index is 0.163.